The van der Waals surface area contributed by atoms with Gasteiger partial charge >= 0.3 is 0 Å². The van der Waals surface area contributed by atoms with Crippen LogP contribution in [0.4, 0.5) is 10.1 Å². The van der Waals surface area contributed by atoms with Crippen molar-refractivity contribution in [2.75, 3.05) is 5.73 Å². The Morgan fingerprint density at radius 3 is 2.62 bits per heavy atom. The van der Waals surface area contributed by atoms with Gasteiger partial charge < -0.3 is 5.73 Å². The summed E-state index contributed by atoms with van der Waals surface area (Å²) in [6.07, 6.45) is 0. The maximum absolute atomic E-state index is 13.2. The molecule has 84 valence electrons. The maximum atomic E-state index is 13.2. The molecule has 0 amide bonds. The summed E-state index contributed by atoms with van der Waals surface area (Å²) in [6, 6.07) is 4.25. The second-order valence-corrected chi connectivity index (χ2v) is 4.39. The van der Waals surface area contributed by atoms with Gasteiger partial charge in [0.25, 0.3) is 0 Å². The predicted molar refractivity (Wildman–Crippen MR) is 65.1 cm³/mol. The Labute approximate surface area is 101 Å². The minimum absolute atomic E-state index is 0.326. The third kappa shape index (κ3) is 1.71. The lowest BCUT2D eigenvalue weighted by Crippen LogP contribution is -2.03. The first-order chi connectivity index (χ1) is 7.50. The lowest BCUT2D eigenvalue weighted by Gasteiger charge is -2.07. The topological polar surface area (TPSA) is 43.8 Å². The number of aryl methyl sites for hydroxylation is 1. The zero-order chi connectivity index (χ0) is 11.9. The van der Waals surface area contributed by atoms with Crippen LogP contribution in [0.3, 0.4) is 0 Å². The van der Waals surface area contributed by atoms with Crippen molar-refractivity contribution in [1.82, 2.24) is 9.78 Å². The smallest absolute Gasteiger partial charge is 0.125 e. The number of nitrogens with two attached hydrogens (primary N) is 1. The van der Waals surface area contributed by atoms with E-state index in [1.807, 2.05) is 13.8 Å². The van der Waals surface area contributed by atoms with Crippen molar-refractivity contribution in [2.45, 2.75) is 13.8 Å². The van der Waals surface area contributed by atoms with E-state index in [1.165, 1.54) is 18.2 Å². The highest BCUT2D eigenvalue weighted by Crippen LogP contribution is 2.26. The van der Waals surface area contributed by atoms with Crippen LogP contribution in [0.5, 0.6) is 0 Å². The number of anilines is 1. The second kappa shape index (κ2) is 3.90. The van der Waals surface area contributed by atoms with E-state index < -0.39 is 0 Å². The monoisotopic (exact) mass is 283 g/mol. The van der Waals surface area contributed by atoms with Crippen molar-refractivity contribution < 1.29 is 4.39 Å². The highest BCUT2D eigenvalue weighted by Gasteiger charge is 2.12. The summed E-state index contributed by atoms with van der Waals surface area (Å²) >= 11 is 3.42. The average Bonchev–Trinajstić information content (AvgIpc) is 2.50. The summed E-state index contributed by atoms with van der Waals surface area (Å²) in [5, 5.41) is 4.31. The number of aromatic nitrogens is 2. The molecule has 0 aliphatic carbocycles. The molecule has 1 aromatic heterocycles. The zero-order valence-electron chi connectivity index (χ0n) is 8.96. The molecule has 0 bridgehead atoms. The summed E-state index contributed by atoms with van der Waals surface area (Å²) < 4.78 is 15.7. The number of halogens is 2. The summed E-state index contributed by atoms with van der Waals surface area (Å²) in [5.41, 5.74) is 8.61. The lowest BCUT2D eigenvalue weighted by atomic mass is 10.2. The van der Waals surface area contributed by atoms with E-state index in [-0.39, 0.29) is 5.82 Å². The van der Waals surface area contributed by atoms with Crippen molar-refractivity contribution in [3.05, 3.63) is 39.9 Å². The minimum Gasteiger partial charge on any atom is -0.397 e. The third-order valence-electron chi connectivity index (χ3n) is 2.42. The summed E-state index contributed by atoms with van der Waals surface area (Å²) in [6.45, 7) is 3.78. The quantitative estimate of drug-likeness (QED) is 0.818. The fourth-order valence-electron chi connectivity index (χ4n) is 1.56. The van der Waals surface area contributed by atoms with Gasteiger partial charge in [0.2, 0.25) is 0 Å². The highest BCUT2D eigenvalue weighted by atomic mass is 79.9. The molecule has 0 aliphatic heterocycles. The van der Waals surface area contributed by atoms with Crippen molar-refractivity contribution in [1.29, 1.82) is 0 Å². The number of rotatable bonds is 1. The van der Waals surface area contributed by atoms with Crippen LogP contribution in [0.25, 0.3) is 5.69 Å². The summed E-state index contributed by atoms with van der Waals surface area (Å²) in [4.78, 5) is 0. The fraction of sp³-hybridized carbons (Fsp3) is 0.182. The van der Waals surface area contributed by atoms with Crippen molar-refractivity contribution in [2.24, 2.45) is 0 Å². The van der Waals surface area contributed by atoms with Crippen LogP contribution in [-0.2, 0) is 0 Å². The molecular formula is C11H11BrFN3. The molecule has 0 radical (unpaired) electrons. The Balaban J connectivity index is 2.67. The average molecular weight is 284 g/mol. The van der Waals surface area contributed by atoms with E-state index in [1.54, 1.807) is 4.68 Å². The maximum Gasteiger partial charge on any atom is 0.125 e. The van der Waals surface area contributed by atoms with Crippen LogP contribution in [0.1, 0.15) is 11.4 Å². The molecule has 2 N–H and O–H groups in total. The first kappa shape index (κ1) is 11.1. The van der Waals surface area contributed by atoms with E-state index in [0.29, 0.717) is 11.4 Å². The Morgan fingerprint density at radius 2 is 2.06 bits per heavy atom. The van der Waals surface area contributed by atoms with Crippen LogP contribution in [0.15, 0.2) is 22.7 Å². The zero-order valence-corrected chi connectivity index (χ0v) is 10.5. The Kier molecular flexibility index (Phi) is 2.71. The second-order valence-electron chi connectivity index (χ2n) is 3.60. The summed E-state index contributed by atoms with van der Waals surface area (Å²) in [5.74, 6) is -0.326. The molecular weight excluding hydrogens is 273 g/mol. The number of nitrogen functional groups attached to an aromatic ring is 1. The van der Waals surface area contributed by atoms with Crippen LogP contribution < -0.4 is 5.73 Å². The molecule has 0 spiro atoms. The van der Waals surface area contributed by atoms with Gasteiger partial charge in [-0.15, -0.1) is 0 Å². The van der Waals surface area contributed by atoms with Gasteiger partial charge in [0.1, 0.15) is 5.82 Å². The molecule has 1 aromatic carbocycles. The molecule has 3 nitrogen and oxygen atoms in total. The van der Waals surface area contributed by atoms with Gasteiger partial charge in [-0.25, -0.2) is 9.07 Å². The van der Waals surface area contributed by atoms with Crippen LogP contribution in [-0.4, -0.2) is 9.78 Å². The Hall–Kier alpha value is -1.36. The minimum atomic E-state index is -0.326. The molecule has 2 rings (SSSR count). The SMILES string of the molecule is Cc1nn(-c2cc(F)ccc2N)c(C)c1Br. The molecule has 0 saturated carbocycles. The molecule has 0 unspecified atom stereocenters. The molecule has 2 aromatic rings. The number of hydrogen-bond donors (Lipinski definition) is 1. The molecule has 1 heterocycles. The molecule has 16 heavy (non-hydrogen) atoms. The van der Waals surface area contributed by atoms with Gasteiger partial charge in [-0.1, -0.05) is 0 Å². The standard InChI is InChI=1S/C11H11BrFN3/c1-6-11(12)7(2)16(15-6)10-5-8(13)3-4-9(10)14/h3-5H,14H2,1-2H3. The van der Waals surface area contributed by atoms with E-state index in [0.717, 1.165) is 15.9 Å². The van der Waals surface area contributed by atoms with Crippen LogP contribution >= 0.6 is 15.9 Å². The third-order valence-corrected chi connectivity index (χ3v) is 3.57. The van der Waals surface area contributed by atoms with Gasteiger partial charge in [0.05, 0.1) is 27.2 Å². The molecule has 0 aliphatic rings. The number of hydrogen-bond acceptors (Lipinski definition) is 2. The van der Waals surface area contributed by atoms with Crippen LogP contribution in [0, 0.1) is 19.7 Å². The van der Waals surface area contributed by atoms with E-state index in [2.05, 4.69) is 21.0 Å². The Bertz CT molecular complexity index is 548. The van der Waals surface area contributed by atoms with Gasteiger partial charge in [0, 0.05) is 6.07 Å². The van der Waals surface area contributed by atoms with Crippen LogP contribution in [0.2, 0.25) is 0 Å². The van der Waals surface area contributed by atoms with Crippen molar-refractivity contribution >= 4 is 21.6 Å². The van der Waals surface area contributed by atoms with E-state index in [4.69, 9.17) is 5.73 Å². The van der Waals surface area contributed by atoms with Gasteiger partial charge in [-0.05, 0) is 41.9 Å². The predicted octanol–water partition coefficient (Wildman–Crippen LogP) is 2.97. The Morgan fingerprint density at radius 1 is 1.38 bits per heavy atom. The number of benzene rings is 1. The first-order valence-electron chi connectivity index (χ1n) is 4.78. The van der Waals surface area contributed by atoms with Gasteiger partial charge in [-0.2, -0.15) is 5.10 Å². The lowest BCUT2D eigenvalue weighted by molar-refractivity contribution is 0.625. The van der Waals surface area contributed by atoms with Crippen molar-refractivity contribution in [3.8, 4) is 5.69 Å². The molecule has 5 heteroatoms. The highest BCUT2D eigenvalue weighted by molar-refractivity contribution is 9.10. The van der Waals surface area contributed by atoms with Crippen molar-refractivity contribution in [3.63, 3.8) is 0 Å². The molecule has 0 fully saturated rings. The number of nitrogens with zero attached hydrogens (tertiary/aromatic N) is 2. The first-order valence-corrected chi connectivity index (χ1v) is 5.57. The normalized spacial score (nSPS) is 10.8. The van der Waals surface area contributed by atoms with Gasteiger partial charge in [0.15, 0.2) is 0 Å². The van der Waals surface area contributed by atoms with E-state index in [9.17, 15) is 4.39 Å². The molecule has 0 saturated heterocycles. The molecule has 0 atom stereocenters. The summed E-state index contributed by atoms with van der Waals surface area (Å²) in [7, 11) is 0. The van der Waals surface area contributed by atoms with E-state index >= 15 is 0 Å². The van der Waals surface area contributed by atoms with Gasteiger partial charge in [-0.3, -0.25) is 0 Å². The largest absolute Gasteiger partial charge is 0.397 e. The fourth-order valence-corrected chi connectivity index (χ4v) is 1.81.